The minimum Gasteiger partial charge on any atom is -0.451 e. The first kappa shape index (κ1) is 24.2. The van der Waals surface area contributed by atoms with Crippen molar-refractivity contribution >= 4 is 11.9 Å². The van der Waals surface area contributed by atoms with Gasteiger partial charge in [0.05, 0.1) is 0 Å². The van der Waals surface area contributed by atoms with Gasteiger partial charge in [-0.2, -0.15) is 0 Å². The number of esters is 1. The largest absolute Gasteiger partial charge is 0.451 e. The maximum atomic E-state index is 14.2. The summed E-state index contributed by atoms with van der Waals surface area (Å²) >= 11 is 0. The lowest BCUT2D eigenvalue weighted by Gasteiger charge is -2.35. The smallest absolute Gasteiger partial charge is 0.326 e. The van der Waals surface area contributed by atoms with Crippen molar-refractivity contribution in [1.82, 2.24) is 5.32 Å². The molecule has 0 aliphatic rings. The predicted octanol–water partition coefficient (Wildman–Crippen LogP) is 5.50. The molecule has 0 aromatic heterocycles. The van der Waals surface area contributed by atoms with Gasteiger partial charge in [-0.3, -0.25) is 9.59 Å². The van der Waals surface area contributed by atoms with Crippen molar-refractivity contribution in [1.29, 1.82) is 0 Å². The summed E-state index contributed by atoms with van der Waals surface area (Å²) in [5, 5.41) is 2.96. The summed E-state index contributed by atoms with van der Waals surface area (Å²) in [6.07, 6.45) is -0.924. The monoisotopic (exact) mass is 443 g/mol. The Morgan fingerprint density at radius 2 is 1.06 bits per heavy atom. The molecule has 0 bridgehead atoms. The molecule has 172 valence electrons. The Kier molecular flexibility index (Phi) is 7.37. The van der Waals surface area contributed by atoms with Crippen LogP contribution in [0.2, 0.25) is 0 Å². The number of benzene rings is 3. The van der Waals surface area contributed by atoms with Gasteiger partial charge in [-0.1, -0.05) is 105 Å². The normalized spacial score (nSPS) is 12.8. The highest BCUT2D eigenvalue weighted by Gasteiger charge is 2.47. The third-order valence-electron chi connectivity index (χ3n) is 5.52. The lowest BCUT2D eigenvalue weighted by molar-refractivity contribution is -0.162. The van der Waals surface area contributed by atoms with Gasteiger partial charge in [0.15, 0.2) is 6.10 Å². The van der Waals surface area contributed by atoms with E-state index in [2.05, 4.69) is 5.32 Å². The Hall–Kier alpha value is -3.40. The van der Waals surface area contributed by atoms with Crippen LogP contribution in [0.15, 0.2) is 91.0 Å². The van der Waals surface area contributed by atoms with Crippen LogP contribution >= 0.6 is 0 Å². The van der Waals surface area contributed by atoms with Crippen molar-refractivity contribution in [2.75, 3.05) is 0 Å². The molecule has 0 saturated heterocycles. The van der Waals surface area contributed by atoms with Crippen LogP contribution in [0.5, 0.6) is 0 Å². The van der Waals surface area contributed by atoms with E-state index in [1.807, 2.05) is 126 Å². The van der Waals surface area contributed by atoms with Crippen LogP contribution in [-0.2, 0) is 19.7 Å². The molecule has 1 atom stereocenters. The topological polar surface area (TPSA) is 55.4 Å². The van der Waals surface area contributed by atoms with Gasteiger partial charge < -0.3 is 10.1 Å². The Labute approximate surface area is 197 Å². The van der Waals surface area contributed by atoms with Crippen LogP contribution in [-0.4, -0.2) is 23.5 Å². The quantitative estimate of drug-likeness (QED) is 0.387. The van der Waals surface area contributed by atoms with Gasteiger partial charge in [0.25, 0.3) is 5.91 Å². The van der Waals surface area contributed by atoms with Gasteiger partial charge in [-0.15, -0.1) is 0 Å². The molecule has 4 heteroatoms. The van der Waals surface area contributed by atoms with E-state index < -0.39 is 23.0 Å². The van der Waals surface area contributed by atoms with Crippen molar-refractivity contribution < 1.29 is 14.3 Å². The van der Waals surface area contributed by atoms with E-state index in [9.17, 15) is 9.59 Å². The number of nitrogens with one attached hydrogen (secondary N) is 1. The van der Waals surface area contributed by atoms with Crippen molar-refractivity contribution in [3.05, 3.63) is 108 Å². The highest BCUT2D eigenvalue weighted by Crippen LogP contribution is 2.41. The van der Waals surface area contributed by atoms with Gasteiger partial charge in [-0.25, -0.2) is 0 Å². The van der Waals surface area contributed by atoms with E-state index >= 15 is 0 Å². The standard InChI is InChI=1S/C29H33NO3/c1-21(2)25(26(31)30-28(3,4)5)33-27(32)29(22-15-9-6-10-16-22,23-17-11-7-12-18-23)24-19-13-8-14-20-24/h6-21,25H,1-5H3,(H,30,31). The Bertz CT molecular complexity index is 958. The molecule has 33 heavy (non-hydrogen) atoms. The second-order valence-electron chi connectivity index (χ2n) is 9.66. The van der Waals surface area contributed by atoms with E-state index in [1.54, 1.807) is 0 Å². The maximum absolute atomic E-state index is 14.2. The molecule has 0 saturated carbocycles. The molecule has 3 aromatic carbocycles. The molecule has 3 rings (SSSR count). The molecule has 4 nitrogen and oxygen atoms in total. The fourth-order valence-electron chi connectivity index (χ4n) is 4.05. The van der Waals surface area contributed by atoms with Crippen LogP contribution < -0.4 is 5.32 Å². The summed E-state index contributed by atoms with van der Waals surface area (Å²) in [7, 11) is 0. The third kappa shape index (κ3) is 5.33. The summed E-state index contributed by atoms with van der Waals surface area (Å²) < 4.78 is 6.10. The van der Waals surface area contributed by atoms with Crippen LogP contribution in [0, 0.1) is 5.92 Å². The zero-order chi connectivity index (χ0) is 24.1. The SMILES string of the molecule is CC(C)C(OC(=O)C(c1ccccc1)(c1ccccc1)c1ccccc1)C(=O)NC(C)(C)C. The molecule has 0 aliphatic heterocycles. The number of rotatable bonds is 7. The lowest BCUT2D eigenvalue weighted by Crippen LogP contribution is -2.51. The zero-order valence-corrected chi connectivity index (χ0v) is 20.0. The number of hydrogen-bond donors (Lipinski definition) is 1. The van der Waals surface area contributed by atoms with E-state index in [1.165, 1.54) is 0 Å². The van der Waals surface area contributed by atoms with Crippen LogP contribution in [0.25, 0.3) is 0 Å². The second-order valence-corrected chi connectivity index (χ2v) is 9.66. The molecular formula is C29H33NO3. The molecule has 0 heterocycles. The summed E-state index contributed by atoms with van der Waals surface area (Å²) in [4.78, 5) is 27.3. The van der Waals surface area contributed by atoms with Gasteiger partial charge in [-0.05, 0) is 43.4 Å². The average molecular weight is 444 g/mol. The first-order chi connectivity index (χ1) is 15.7. The minimum absolute atomic E-state index is 0.198. The lowest BCUT2D eigenvalue weighted by atomic mass is 9.69. The fraction of sp³-hybridized carbons (Fsp3) is 0.310. The number of carbonyl (C=O) groups is 2. The summed E-state index contributed by atoms with van der Waals surface area (Å²) in [6, 6.07) is 28.8. The summed E-state index contributed by atoms with van der Waals surface area (Å²) in [6.45, 7) is 9.50. The van der Waals surface area contributed by atoms with Crippen molar-refractivity contribution in [2.24, 2.45) is 5.92 Å². The van der Waals surface area contributed by atoms with Gasteiger partial charge in [0.2, 0.25) is 0 Å². The average Bonchev–Trinajstić information content (AvgIpc) is 2.79. The van der Waals surface area contributed by atoms with Gasteiger partial charge in [0, 0.05) is 5.54 Å². The van der Waals surface area contributed by atoms with Crippen molar-refractivity contribution in [3.63, 3.8) is 0 Å². The summed E-state index contributed by atoms with van der Waals surface area (Å²) in [5.41, 5.74) is 0.689. The first-order valence-electron chi connectivity index (χ1n) is 11.4. The van der Waals surface area contributed by atoms with Crippen molar-refractivity contribution in [3.8, 4) is 0 Å². The second kappa shape index (κ2) is 10.0. The van der Waals surface area contributed by atoms with Crippen LogP contribution in [0.3, 0.4) is 0 Å². The molecule has 0 fully saturated rings. The number of hydrogen-bond acceptors (Lipinski definition) is 3. The van der Waals surface area contributed by atoms with E-state index in [4.69, 9.17) is 4.74 Å². The van der Waals surface area contributed by atoms with Gasteiger partial charge >= 0.3 is 5.97 Å². The predicted molar refractivity (Wildman–Crippen MR) is 132 cm³/mol. The minimum atomic E-state index is -1.22. The molecule has 1 N–H and O–H groups in total. The number of ether oxygens (including phenoxy) is 1. The Balaban J connectivity index is 2.19. The number of carbonyl (C=O) groups excluding carboxylic acids is 2. The summed E-state index contributed by atoms with van der Waals surface area (Å²) in [5.74, 6) is -0.973. The Morgan fingerprint density at radius 3 is 1.36 bits per heavy atom. The van der Waals surface area contributed by atoms with Crippen molar-refractivity contribution in [2.45, 2.75) is 51.7 Å². The molecule has 1 amide bonds. The van der Waals surface area contributed by atoms with Gasteiger partial charge in [0.1, 0.15) is 5.41 Å². The Morgan fingerprint density at radius 1 is 0.697 bits per heavy atom. The molecule has 0 aliphatic carbocycles. The molecule has 3 aromatic rings. The van der Waals surface area contributed by atoms with E-state index in [0.717, 1.165) is 16.7 Å². The van der Waals surface area contributed by atoms with Crippen LogP contribution in [0.4, 0.5) is 0 Å². The third-order valence-corrected chi connectivity index (χ3v) is 5.52. The van der Waals surface area contributed by atoms with E-state index in [-0.39, 0.29) is 11.8 Å². The molecule has 0 radical (unpaired) electrons. The zero-order valence-electron chi connectivity index (χ0n) is 20.0. The molecule has 1 unspecified atom stereocenters. The highest BCUT2D eigenvalue weighted by atomic mass is 16.5. The first-order valence-corrected chi connectivity index (χ1v) is 11.4. The fourth-order valence-corrected chi connectivity index (χ4v) is 4.05. The van der Waals surface area contributed by atoms with Crippen LogP contribution in [0.1, 0.15) is 51.3 Å². The molecule has 0 spiro atoms. The van der Waals surface area contributed by atoms with E-state index in [0.29, 0.717) is 0 Å². The maximum Gasteiger partial charge on any atom is 0.326 e. The molecular weight excluding hydrogens is 410 g/mol. The highest BCUT2D eigenvalue weighted by molar-refractivity contribution is 5.94. The number of amides is 1.